The van der Waals surface area contributed by atoms with E-state index in [0.29, 0.717) is 0 Å². The molecule has 100 valence electrons. The number of hydrogen-bond acceptors (Lipinski definition) is 3. The molecule has 0 saturated heterocycles. The van der Waals surface area contributed by atoms with Crippen LogP contribution in [0.1, 0.15) is 51.2 Å². The van der Waals surface area contributed by atoms with Crippen LogP contribution in [0.3, 0.4) is 0 Å². The fraction of sp³-hybridized carbons (Fsp3) is 0.438. The maximum absolute atomic E-state index is 6.17. The van der Waals surface area contributed by atoms with E-state index in [1.165, 1.54) is 38.7 Å². The summed E-state index contributed by atoms with van der Waals surface area (Å²) in [6.45, 7) is 4.32. The zero-order valence-corrected chi connectivity index (χ0v) is 12.4. The van der Waals surface area contributed by atoms with Crippen molar-refractivity contribution < 1.29 is 0 Å². The first-order valence-electron chi connectivity index (χ1n) is 6.93. The average Bonchev–Trinajstić information content (AvgIpc) is 2.78. The molecule has 3 heteroatoms. The van der Waals surface area contributed by atoms with Gasteiger partial charge in [-0.05, 0) is 49.8 Å². The van der Waals surface area contributed by atoms with Crippen LogP contribution in [0, 0.1) is 13.8 Å². The van der Waals surface area contributed by atoms with Crippen molar-refractivity contribution >= 4 is 11.3 Å². The van der Waals surface area contributed by atoms with Crippen LogP contribution in [0.5, 0.6) is 0 Å². The second kappa shape index (κ2) is 5.06. The topological polar surface area (TPSA) is 38.9 Å². The van der Waals surface area contributed by atoms with E-state index in [1.807, 2.05) is 11.3 Å². The molecule has 2 N–H and O–H groups in total. The summed E-state index contributed by atoms with van der Waals surface area (Å²) >= 11 is 1.81. The maximum atomic E-state index is 6.17. The quantitative estimate of drug-likeness (QED) is 0.905. The Kier molecular flexibility index (Phi) is 3.42. The molecule has 2 aromatic rings. The number of thiazole rings is 1. The highest BCUT2D eigenvalue weighted by atomic mass is 32.1. The number of rotatable bonds is 2. The summed E-state index contributed by atoms with van der Waals surface area (Å²) in [4.78, 5) is 6.11. The van der Waals surface area contributed by atoms with E-state index in [2.05, 4.69) is 32.0 Å². The maximum Gasteiger partial charge on any atom is 0.0975 e. The van der Waals surface area contributed by atoms with Crippen molar-refractivity contribution in [2.45, 2.75) is 45.6 Å². The monoisotopic (exact) mass is 272 g/mol. The van der Waals surface area contributed by atoms with Crippen molar-refractivity contribution in [3.8, 4) is 0 Å². The van der Waals surface area contributed by atoms with E-state index < -0.39 is 0 Å². The molecule has 1 aromatic heterocycles. The summed E-state index contributed by atoms with van der Waals surface area (Å²) in [6.07, 6.45) is 4.33. The molecular weight excluding hydrogens is 252 g/mol. The number of fused-ring (bicyclic) bond motifs is 1. The molecule has 1 heterocycles. The molecular formula is C16H20N2S. The lowest BCUT2D eigenvalue weighted by Crippen LogP contribution is -2.15. The summed E-state index contributed by atoms with van der Waals surface area (Å²) in [5.41, 5.74) is 11.5. The van der Waals surface area contributed by atoms with Gasteiger partial charge in [-0.3, -0.25) is 0 Å². The highest BCUT2D eigenvalue weighted by Crippen LogP contribution is 2.33. The summed E-state index contributed by atoms with van der Waals surface area (Å²) in [6, 6.07) is 6.90. The smallest absolute Gasteiger partial charge is 0.0975 e. The molecule has 0 amide bonds. The summed E-state index contributed by atoms with van der Waals surface area (Å²) < 4.78 is 0. The number of benzene rings is 1. The van der Waals surface area contributed by atoms with E-state index in [9.17, 15) is 0 Å². The lowest BCUT2D eigenvalue weighted by Gasteiger charge is -2.15. The Bertz CT molecular complexity index is 601. The minimum Gasteiger partial charge on any atom is -0.323 e. The van der Waals surface area contributed by atoms with Crippen LogP contribution in [0.25, 0.3) is 0 Å². The van der Waals surface area contributed by atoms with Crippen molar-refractivity contribution in [3.63, 3.8) is 0 Å². The normalized spacial score (nSPS) is 18.4. The van der Waals surface area contributed by atoms with Gasteiger partial charge in [0.15, 0.2) is 0 Å². The molecule has 1 aliphatic rings. The Morgan fingerprint density at radius 1 is 1.32 bits per heavy atom. The molecule has 2 nitrogen and oxygen atoms in total. The Morgan fingerprint density at radius 3 is 2.89 bits per heavy atom. The SMILES string of the molecule is Cc1ccc(Cc2nc3c(s2)C(N)CCC3)cc1C. The summed E-state index contributed by atoms with van der Waals surface area (Å²) in [7, 11) is 0. The highest BCUT2D eigenvalue weighted by molar-refractivity contribution is 7.11. The lowest BCUT2D eigenvalue weighted by molar-refractivity contribution is 0.573. The molecule has 1 atom stereocenters. The number of nitrogens with zero attached hydrogens (tertiary/aromatic N) is 1. The van der Waals surface area contributed by atoms with Gasteiger partial charge in [-0.25, -0.2) is 4.98 Å². The van der Waals surface area contributed by atoms with E-state index >= 15 is 0 Å². The Labute approximate surface area is 118 Å². The highest BCUT2D eigenvalue weighted by Gasteiger charge is 2.21. The van der Waals surface area contributed by atoms with Gasteiger partial charge in [0.1, 0.15) is 0 Å². The van der Waals surface area contributed by atoms with Crippen molar-refractivity contribution in [3.05, 3.63) is 50.5 Å². The minimum absolute atomic E-state index is 0.217. The summed E-state index contributed by atoms with van der Waals surface area (Å²) in [5, 5.41) is 1.21. The van der Waals surface area contributed by atoms with Gasteiger partial charge in [-0.15, -0.1) is 11.3 Å². The second-order valence-corrected chi connectivity index (χ2v) is 6.63. The number of aromatic nitrogens is 1. The minimum atomic E-state index is 0.217. The zero-order chi connectivity index (χ0) is 13.4. The lowest BCUT2D eigenvalue weighted by atomic mass is 9.99. The van der Waals surface area contributed by atoms with Crippen LogP contribution in [-0.2, 0) is 12.8 Å². The van der Waals surface area contributed by atoms with Crippen LogP contribution in [0.2, 0.25) is 0 Å². The van der Waals surface area contributed by atoms with Gasteiger partial charge >= 0.3 is 0 Å². The summed E-state index contributed by atoms with van der Waals surface area (Å²) in [5.74, 6) is 0. The third kappa shape index (κ3) is 2.58. The molecule has 0 spiro atoms. The van der Waals surface area contributed by atoms with E-state index in [-0.39, 0.29) is 6.04 Å². The van der Waals surface area contributed by atoms with Crippen LogP contribution in [-0.4, -0.2) is 4.98 Å². The second-order valence-electron chi connectivity index (χ2n) is 5.51. The first-order valence-corrected chi connectivity index (χ1v) is 7.75. The molecule has 3 rings (SSSR count). The van der Waals surface area contributed by atoms with Crippen LogP contribution in [0.4, 0.5) is 0 Å². The standard InChI is InChI=1S/C16H20N2S/c1-10-6-7-12(8-11(10)2)9-15-18-14-5-3-4-13(17)16(14)19-15/h6-8,13H,3-5,9,17H2,1-2H3. The van der Waals surface area contributed by atoms with Gasteiger partial charge in [-0.1, -0.05) is 18.2 Å². The molecule has 0 aliphatic heterocycles. The molecule has 19 heavy (non-hydrogen) atoms. The third-order valence-electron chi connectivity index (χ3n) is 3.96. The molecule has 0 saturated carbocycles. The predicted octanol–water partition coefficient (Wildman–Crippen LogP) is 3.69. The molecule has 1 aliphatic carbocycles. The zero-order valence-electron chi connectivity index (χ0n) is 11.6. The molecule has 0 fully saturated rings. The molecule has 0 bridgehead atoms. The Morgan fingerprint density at radius 2 is 2.16 bits per heavy atom. The molecule has 0 radical (unpaired) electrons. The van der Waals surface area contributed by atoms with Crippen molar-refractivity contribution in [1.82, 2.24) is 4.98 Å². The number of hydrogen-bond donors (Lipinski definition) is 1. The third-order valence-corrected chi connectivity index (χ3v) is 5.19. The van der Waals surface area contributed by atoms with E-state index in [1.54, 1.807) is 0 Å². The van der Waals surface area contributed by atoms with Gasteiger partial charge < -0.3 is 5.73 Å². The van der Waals surface area contributed by atoms with Gasteiger partial charge in [0, 0.05) is 17.3 Å². The van der Waals surface area contributed by atoms with Crippen LogP contribution >= 0.6 is 11.3 Å². The van der Waals surface area contributed by atoms with Crippen LogP contribution < -0.4 is 5.73 Å². The average molecular weight is 272 g/mol. The van der Waals surface area contributed by atoms with Gasteiger partial charge in [0.25, 0.3) is 0 Å². The number of aryl methyl sites for hydroxylation is 3. The number of nitrogens with two attached hydrogens (primary N) is 1. The van der Waals surface area contributed by atoms with Gasteiger partial charge in [-0.2, -0.15) is 0 Å². The fourth-order valence-electron chi connectivity index (χ4n) is 2.67. The largest absolute Gasteiger partial charge is 0.323 e. The van der Waals surface area contributed by atoms with E-state index in [4.69, 9.17) is 10.7 Å². The molecule has 1 aromatic carbocycles. The fourth-order valence-corrected chi connectivity index (χ4v) is 3.85. The first-order chi connectivity index (χ1) is 9.13. The Hall–Kier alpha value is -1.19. The Balaban J connectivity index is 1.85. The van der Waals surface area contributed by atoms with Crippen molar-refractivity contribution in [2.24, 2.45) is 5.73 Å². The van der Waals surface area contributed by atoms with E-state index in [0.717, 1.165) is 19.3 Å². The first kappa shape index (κ1) is 12.8. The van der Waals surface area contributed by atoms with Gasteiger partial charge in [0.2, 0.25) is 0 Å². The molecule has 1 unspecified atom stereocenters. The van der Waals surface area contributed by atoms with Gasteiger partial charge in [0.05, 0.1) is 10.7 Å². The van der Waals surface area contributed by atoms with Crippen molar-refractivity contribution in [2.75, 3.05) is 0 Å². The predicted molar refractivity (Wildman–Crippen MR) is 80.7 cm³/mol. The van der Waals surface area contributed by atoms with Crippen molar-refractivity contribution in [1.29, 1.82) is 0 Å². The van der Waals surface area contributed by atoms with Crippen LogP contribution in [0.15, 0.2) is 18.2 Å².